The fraction of sp³-hybridized carbons (Fsp3) is 0.389. The van der Waals surface area contributed by atoms with E-state index in [9.17, 15) is 4.79 Å². The Hall–Kier alpha value is -1.39. The predicted molar refractivity (Wildman–Crippen MR) is 97.7 cm³/mol. The van der Waals surface area contributed by atoms with Gasteiger partial charge >= 0.3 is 5.63 Å². The molecule has 0 aliphatic carbocycles. The van der Waals surface area contributed by atoms with Crippen LogP contribution >= 0.6 is 23.4 Å². The summed E-state index contributed by atoms with van der Waals surface area (Å²) in [6.07, 6.45) is 0. The van der Waals surface area contributed by atoms with Gasteiger partial charge in [-0.25, -0.2) is 4.79 Å². The number of hydrogen-bond acceptors (Lipinski definition) is 4. The molecule has 1 aromatic heterocycles. The van der Waals surface area contributed by atoms with Gasteiger partial charge in [-0.2, -0.15) is 0 Å². The third-order valence-electron chi connectivity index (χ3n) is 4.02. The molecule has 0 atom stereocenters. The Balaban J connectivity index is 2.31. The molecule has 0 spiro atoms. The van der Waals surface area contributed by atoms with Crippen molar-refractivity contribution in [2.75, 3.05) is 4.90 Å². The molecule has 122 valence electrons. The molecule has 5 heteroatoms. The fourth-order valence-electron chi connectivity index (χ4n) is 3.20. The highest BCUT2D eigenvalue weighted by molar-refractivity contribution is 7.98. The lowest BCUT2D eigenvalue weighted by molar-refractivity contribution is 0.515. The zero-order chi connectivity index (χ0) is 16.7. The van der Waals surface area contributed by atoms with Gasteiger partial charge in [-0.1, -0.05) is 29.8 Å². The van der Waals surface area contributed by atoms with Gasteiger partial charge in [-0.3, -0.25) is 0 Å². The van der Waals surface area contributed by atoms with E-state index in [1.54, 1.807) is 11.8 Å². The lowest BCUT2D eigenvalue weighted by Gasteiger charge is -2.36. The largest absolute Gasteiger partial charge is 0.421 e. The number of rotatable bonds is 3. The summed E-state index contributed by atoms with van der Waals surface area (Å²) in [6, 6.07) is 8.49. The monoisotopic (exact) mass is 349 g/mol. The summed E-state index contributed by atoms with van der Waals surface area (Å²) < 4.78 is 5.58. The van der Waals surface area contributed by atoms with Crippen LogP contribution in [0.1, 0.15) is 33.3 Å². The molecule has 0 saturated carbocycles. The van der Waals surface area contributed by atoms with Crippen molar-refractivity contribution in [3.63, 3.8) is 0 Å². The van der Waals surface area contributed by atoms with E-state index in [1.165, 1.54) is 0 Å². The molecule has 2 aromatic rings. The Labute approximate surface area is 145 Å². The van der Waals surface area contributed by atoms with E-state index in [-0.39, 0.29) is 17.1 Å². The summed E-state index contributed by atoms with van der Waals surface area (Å²) in [4.78, 5) is 15.7. The van der Waals surface area contributed by atoms with Crippen molar-refractivity contribution in [3.8, 4) is 11.3 Å². The molecular formula is C18H20ClNO2S. The number of fused-ring (bicyclic) bond motifs is 3. The minimum Gasteiger partial charge on any atom is -0.421 e. The summed E-state index contributed by atoms with van der Waals surface area (Å²) in [5, 5.41) is 0.186. The average Bonchev–Trinajstić information content (AvgIpc) is 2.50. The van der Waals surface area contributed by atoms with E-state index in [2.05, 4.69) is 38.7 Å². The zero-order valence-corrected chi connectivity index (χ0v) is 15.3. The molecule has 0 amide bonds. The Kier molecular flexibility index (Phi) is 4.47. The van der Waals surface area contributed by atoms with Crippen LogP contribution in [0, 0.1) is 0 Å². The van der Waals surface area contributed by atoms with Crippen LogP contribution in [-0.4, -0.2) is 12.1 Å². The molecule has 3 nitrogen and oxygen atoms in total. The first-order valence-electron chi connectivity index (χ1n) is 7.77. The van der Waals surface area contributed by atoms with Crippen molar-refractivity contribution < 1.29 is 4.42 Å². The van der Waals surface area contributed by atoms with Gasteiger partial charge in [-0.05, 0) is 33.8 Å². The number of nitrogens with zero attached hydrogens (tertiary/aromatic N) is 1. The summed E-state index contributed by atoms with van der Waals surface area (Å²) in [6.45, 7) is 8.45. The van der Waals surface area contributed by atoms with Crippen molar-refractivity contribution >= 4 is 29.1 Å². The lowest BCUT2D eigenvalue weighted by Crippen LogP contribution is -2.38. The van der Waals surface area contributed by atoms with E-state index in [4.69, 9.17) is 16.0 Å². The first kappa shape index (κ1) is 16.5. The molecule has 0 unspecified atom stereocenters. The topological polar surface area (TPSA) is 33.5 Å². The SMILES string of the molecule is CC(C)N(c1c2c(oc(=O)c1Cl)-c1ccccc1SC2)C(C)C. The molecule has 0 N–H and O–H groups in total. The van der Waals surface area contributed by atoms with E-state index < -0.39 is 5.63 Å². The normalized spacial score (nSPS) is 13.2. The van der Waals surface area contributed by atoms with Gasteiger partial charge in [0.15, 0.2) is 0 Å². The molecule has 3 rings (SSSR count). The quantitative estimate of drug-likeness (QED) is 0.763. The highest BCUT2D eigenvalue weighted by Crippen LogP contribution is 2.46. The second-order valence-corrected chi connectivity index (χ2v) is 7.63. The Morgan fingerprint density at radius 2 is 1.83 bits per heavy atom. The maximum atomic E-state index is 12.3. The van der Waals surface area contributed by atoms with Crippen LogP contribution in [0.25, 0.3) is 11.3 Å². The van der Waals surface area contributed by atoms with E-state index in [0.717, 1.165) is 27.5 Å². The number of hydrogen-bond donors (Lipinski definition) is 0. The van der Waals surface area contributed by atoms with Gasteiger partial charge in [0.25, 0.3) is 0 Å². The van der Waals surface area contributed by atoms with Crippen LogP contribution in [-0.2, 0) is 5.75 Å². The van der Waals surface area contributed by atoms with Crippen LogP contribution < -0.4 is 10.5 Å². The van der Waals surface area contributed by atoms with Crippen molar-refractivity contribution in [3.05, 3.63) is 45.3 Å². The van der Waals surface area contributed by atoms with Crippen LogP contribution in [0.15, 0.2) is 38.4 Å². The smallest absolute Gasteiger partial charge is 0.357 e. The van der Waals surface area contributed by atoms with Crippen LogP contribution in [0.3, 0.4) is 0 Å². The molecule has 2 heterocycles. The van der Waals surface area contributed by atoms with Crippen LogP contribution in [0.2, 0.25) is 5.02 Å². The summed E-state index contributed by atoms with van der Waals surface area (Å²) in [7, 11) is 0. The van der Waals surface area contributed by atoms with Gasteiger partial charge in [0.1, 0.15) is 10.8 Å². The summed E-state index contributed by atoms with van der Waals surface area (Å²) in [5.41, 5.74) is 2.35. The summed E-state index contributed by atoms with van der Waals surface area (Å²) in [5.74, 6) is 1.41. The molecule has 1 aliphatic heterocycles. The third-order valence-corrected chi connectivity index (χ3v) is 5.45. The molecule has 0 bridgehead atoms. The van der Waals surface area contributed by atoms with Crippen molar-refractivity contribution in [2.45, 2.75) is 50.4 Å². The molecule has 0 saturated heterocycles. The van der Waals surface area contributed by atoms with E-state index in [0.29, 0.717) is 5.76 Å². The molecule has 0 radical (unpaired) electrons. The zero-order valence-electron chi connectivity index (χ0n) is 13.7. The van der Waals surface area contributed by atoms with E-state index >= 15 is 0 Å². The second-order valence-electron chi connectivity index (χ2n) is 6.24. The molecule has 23 heavy (non-hydrogen) atoms. The molecule has 1 aliphatic rings. The van der Waals surface area contributed by atoms with Crippen molar-refractivity contribution in [2.24, 2.45) is 0 Å². The van der Waals surface area contributed by atoms with Crippen LogP contribution in [0.5, 0.6) is 0 Å². The Bertz CT molecular complexity index is 790. The minimum absolute atomic E-state index is 0.186. The van der Waals surface area contributed by atoms with Crippen LogP contribution in [0.4, 0.5) is 5.69 Å². The highest BCUT2D eigenvalue weighted by Gasteiger charge is 2.30. The standard InChI is InChI=1S/C18H20ClNO2S/c1-10(2)20(11(3)4)16-13-9-23-14-8-6-5-7-12(14)17(13)22-18(21)15(16)19/h5-8,10-11H,9H2,1-4H3. The molecular weight excluding hydrogens is 330 g/mol. The average molecular weight is 350 g/mol. The van der Waals surface area contributed by atoms with Gasteiger partial charge in [0, 0.05) is 33.9 Å². The third kappa shape index (κ3) is 2.79. The highest BCUT2D eigenvalue weighted by atomic mass is 35.5. The lowest BCUT2D eigenvalue weighted by atomic mass is 10.0. The maximum Gasteiger partial charge on any atom is 0.357 e. The number of anilines is 1. The summed E-state index contributed by atoms with van der Waals surface area (Å²) >= 11 is 8.14. The van der Waals surface area contributed by atoms with Gasteiger partial charge < -0.3 is 9.32 Å². The predicted octanol–water partition coefficient (Wildman–Crippen LogP) is 5.19. The second kappa shape index (κ2) is 6.25. The van der Waals surface area contributed by atoms with E-state index in [1.807, 2.05) is 18.2 Å². The molecule has 0 fully saturated rings. The van der Waals surface area contributed by atoms with Crippen molar-refractivity contribution in [1.29, 1.82) is 0 Å². The maximum absolute atomic E-state index is 12.3. The number of thioether (sulfide) groups is 1. The van der Waals surface area contributed by atoms with Gasteiger partial charge in [-0.15, -0.1) is 11.8 Å². The number of benzene rings is 1. The Morgan fingerprint density at radius 3 is 2.48 bits per heavy atom. The number of halogens is 1. The van der Waals surface area contributed by atoms with Gasteiger partial charge in [0.05, 0.1) is 5.69 Å². The first-order chi connectivity index (χ1) is 10.9. The molecule has 1 aromatic carbocycles. The first-order valence-corrected chi connectivity index (χ1v) is 9.14. The minimum atomic E-state index is -0.464. The van der Waals surface area contributed by atoms with Gasteiger partial charge in [0.2, 0.25) is 0 Å². The Morgan fingerprint density at radius 1 is 1.17 bits per heavy atom. The van der Waals surface area contributed by atoms with Crippen molar-refractivity contribution in [1.82, 2.24) is 0 Å². The fourth-order valence-corrected chi connectivity index (χ4v) is 4.51.